The minimum absolute atomic E-state index is 0.581. The Hall–Kier alpha value is -3.13. The molecule has 0 saturated heterocycles. The molecular weight excluding hydrogens is 294 g/mol. The van der Waals surface area contributed by atoms with E-state index in [4.69, 9.17) is 4.74 Å². The van der Waals surface area contributed by atoms with Crippen LogP contribution in [0.15, 0.2) is 43.1 Å². The molecule has 0 radical (unpaired) electrons. The van der Waals surface area contributed by atoms with Crippen molar-refractivity contribution in [1.29, 1.82) is 0 Å². The van der Waals surface area contributed by atoms with Gasteiger partial charge in [-0.2, -0.15) is 0 Å². The third-order valence-corrected chi connectivity index (χ3v) is 3.68. The smallest absolute Gasteiger partial charge is 0.213 e. The highest BCUT2D eigenvalue weighted by Crippen LogP contribution is 2.30. The maximum atomic E-state index is 5.07. The van der Waals surface area contributed by atoms with Gasteiger partial charge in [0.25, 0.3) is 0 Å². The van der Waals surface area contributed by atoms with Gasteiger partial charge in [-0.15, -0.1) is 5.53 Å². The van der Waals surface area contributed by atoms with Crippen LogP contribution in [0.25, 0.3) is 17.1 Å². The molecule has 3 aromatic heterocycles. The summed E-state index contributed by atoms with van der Waals surface area (Å²) in [7, 11) is 3.52. The van der Waals surface area contributed by atoms with E-state index in [0.717, 1.165) is 28.5 Å². The average molecular weight is 309 g/mol. The lowest BCUT2D eigenvalue weighted by molar-refractivity contribution is 0.398. The molecule has 23 heavy (non-hydrogen) atoms. The number of pyridine rings is 2. The van der Waals surface area contributed by atoms with E-state index in [1.807, 2.05) is 47.2 Å². The van der Waals surface area contributed by atoms with Crippen LogP contribution >= 0.6 is 0 Å². The van der Waals surface area contributed by atoms with Crippen LogP contribution in [0.3, 0.4) is 0 Å². The topological polar surface area (TPSA) is 80.1 Å². The predicted octanol–water partition coefficient (Wildman–Crippen LogP) is 1.62. The summed E-state index contributed by atoms with van der Waals surface area (Å²) >= 11 is 0. The molecule has 0 amide bonds. The third-order valence-electron chi connectivity index (χ3n) is 3.68. The maximum Gasteiger partial charge on any atom is 0.213 e. The minimum atomic E-state index is 0.581. The number of imidazole rings is 1. The normalized spacial score (nSPS) is 12.9. The molecule has 0 bridgehead atoms. The number of methoxy groups -OCH3 is 1. The van der Waals surface area contributed by atoms with Gasteiger partial charge in [0.2, 0.25) is 5.88 Å². The molecule has 0 aromatic carbocycles. The Morgan fingerprint density at radius 1 is 1.09 bits per heavy atom. The Morgan fingerprint density at radius 3 is 2.78 bits per heavy atom. The lowest BCUT2D eigenvalue weighted by atomic mass is 10.2. The van der Waals surface area contributed by atoms with Gasteiger partial charge in [-0.3, -0.25) is 9.99 Å². The molecule has 0 fully saturated rings. The molecule has 0 atom stereocenters. The van der Waals surface area contributed by atoms with E-state index >= 15 is 0 Å². The van der Waals surface area contributed by atoms with E-state index in [-0.39, 0.29) is 0 Å². The van der Waals surface area contributed by atoms with Crippen LogP contribution < -0.4 is 20.7 Å². The van der Waals surface area contributed by atoms with Crippen molar-refractivity contribution in [2.45, 2.75) is 0 Å². The van der Waals surface area contributed by atoms with E-state index < -0.39 is 0 Å². The molecule has 4 heterocycles. The van der Waals surface area contributed by atoms with Gasteiger partial charge in [0.1, 0.15) is 12.0 Å². The van der Waals surface area contributed by atoms with Crippen molar-refractivity contribution in [2.24, 2.45) is 0 Å². The molecule has 1 aliphatic heterocycles. The van der Waals surface area contributed by atoms with Gasteiger partial charge in [-0.25, -0.2) is 9.97 Å². The monoisotopic (exact) mass is 309 g/mol. The first-order valence-corrected chi connectivity index (χ1v) is 7.05. The average Bonchev–Trinajstić information content (AvgIpc) is 3.22. The number of hydrogen-bond donors (Lipinski definition) is 2. The number of fused-ring (bicyclic) bond motifs is 1. The van der Waals surface area contributed by atoms with Crippen LogP contribution in [0.1, 0.15) is 0 Å². The van der Waals surface area contributed by atoms with Crippen molar-refractivity contribution in [2.75, 3.05) is 24.6 Å². The number of nitrogens with one attached hydrogen (secondary N) is 2. The molecule has 8 heteroatoms. The summed E-state index contributed by atoms with van der Waals surface area (Å²) < 4.78 is 6.97. The number of nitrogens with zero attached hydrogens (tertiary/aromatic N) is 5. The predicted molar refractivity (Wildman–Crippen MR) is 86.3 cm³/mol. The number of ether oxygens (including phenoxy) is 1. The summed E-state index contributed by atoms with van der Waals surface area (Å²) in [6, 6.07) is 5.70. The molecule has 0 aliphatic carbocycles. The SMILES string of the molecule is COc1ccc(-n2cnc(-c3cc4c(cn3)N(C)NN4)c2)cn1. The fraction of sp³-hybridized carbons (Fsp3) is 0.133. The van der Waals surface area contributed by atoms with Gasteiger partial charge in [-0.05, 0) is 12.1 Å². The Labute approximate surface area is 132 Å². The lowest BCUT2D eigenvalue weighted by Crippen LogP contribution is -2.31. The van der Waals surface area contributed by atoms with Crippen LogP contribution in [-0.4, -0.2) is 33.7 Å². The Bertz CT molecular complexity index is 843. The van der Waals surface area contributed by atoms with Gasteiger partial charge in [0.15, 0.2) is 0 Å². The van der Waals surface area contributed by atoms with Crippen molar-refractivity contribution in [3.8, 4) is 23.0 Å². The first-order chi connectivity index (χ1) is 11.2. The second-order valence-electron chi connectivity index (χ2n) is 5.11. The van der Waals surface area contributed by atoms with Crippen LogP contribution in [0.4, 0.5) is 11.4 Å². The van der Waals surface area contributed by atoms with Crippen LogP contribution in [0.2, 0.25) is 0 Å². The molecule has 3 aromatic rings. The summed E-state index contributed by atoms with van der Waals surface area (Å²) in [4.78, 5) is 13.1. The molecule has 0 unspecified atom stereocenters. The summed E-state index contributed by atoms with van der Waals surface area (Å²) in [5.41, 5.74) is 10.6. The molecule has 4 rings (SSSR count). The number of anilines is 2. The van der Waals surface area contributed by atoms with Gasteiger partial charge >= 0.3 is 0 Å². The quantitative estimate of drug-likeness (QED) is 0.761. The molecule has 2 N–H and O–H groups in total. The van der Waals surface area contributed by atoms with Crippen LogP contribution in [0.5, 0.6) is 5.88 Å². The third kappa shape index (κ3) is 2.34. The number of hydrazine groups is 2. The van der Waals surface area contributed by atoms with Crippen molar-refractivity contribution < 1.29 is 4.74 Å². The lowest BCUT2D eigenvalue weighted by Gasteiger charge is -2.08. The zero-order chi connectivity index (χ0) is 15.8. The van der Waals surface area contributed by atoms with E-state index in [9.17, 15) is 0 Å². The van der Waals surface area contributed by atoms with E-state index in [1.165, 1.54) is 0 Å². The number of rotatable bonds is 3. The number of hydrogen-bond acceptors (Lipinski definition) is 7. The second kappa shape index (κ2) is 5.25. The zero-order valence-electron chi connectivity index (χ0n) is 12.7. The van der Waals surface area contributed by atoms with E-state index in [1.54, 1.807) is 19.6 Å². The Morgan fingerprint density at radius 2 is 2.00 bits per heavy atom. The molecule has 0 spiro atoms. The highest BCUT2D eigenvalue weighted by molar-refractivity contribution is 5.76. The molecule has 0 saturated carbocycles. The van der Waals surface area contributed by atoms with Crippen molar-refractivity contribution in [3.05, 3.63) is 43.1 Å². The van der Waals surface area contributed by atoms with Gasteiger partial charge in [-0.1, -0.05) is 0 Å². The highest BCUT2D eigenvalue weighted by atomic mass is 16.5. The second-order valence-corrected chi connectivity index (χ2v) is 5.11. The maximum absolute atomic E-state index is 5.07. The molecular formula is C15H15N7O. The summed E-state index contributed by atoms with van der Waals surface area (Å²) in [5.74, 6) is 0.581. The van der Waals surface area contributed by atoms with Crippen molar-refractivity contribution in [3.63, 3.8) is 0 Å². The molecule has 116 valence electrons. The fourth-order valence-electron chi connectivity index (χ4n) is 2.40. The Balaban J connectivity index is 1.65. The minimum Gasteiger partial charge on any atom is -0.481 e. The largest absolute Gasteiger partial charge is 0.481 e. The first-order valence-electron chi connectivity index (χ1n) is 7.05. The highest BCUT2D eigenvalue weighted by Gasteiger charge is 2.17. The van der Waals surface area contributed by atoms with E-state index in [0.29, 0.717) is 5.88 Å². The fourth-order valence-corrected chi connectivity index (χ4v) is 2.40. The summed E-state index contributed by atoms with van der Waals surface area (Å²) in [5, 5.41) is 1.87. The van der Waals surface area contributed by atoms with Gasteiger partial charge < -0.3 is 14.7 Å². The first kappa shape index (κ1) is 13.5. The van der Waals surface area contributed by atoms with Crippen molar-refractivity contribution in [1.82, 2.24) is 25.1 Å². The summed E-state index contributed by atoms with van der Waals surface area (Å²) in [6.07, 6.45) is 7.21. The van der Waals surface area contributed by atoms with Gasteiger partial charge in [0.05, 0.1) is 42.3 Å². The molecule has 1 aliphatic rings. The number of aromatic nitrogens is 4. The van der Waals surface area contributed by atoms with Crippen LogP contribution in [-0.2, 0) is 0 Å². The van der Waals surface area contributed by atoms with Crippen molar-refractivity contribution >= 4 is 11.4 Å². The standard InChI is InChI=1S/C15H15N7O/c1-21-14-7-16-11(5-12(14)19-20-21)13-8-22(9-18-13)10-3-4-15(23-2)17-6-10/h3-9,19-20H,1-2H3. The van der Waals surface area contributed by atoms with Gasteiger partial charge in [0, 0.05) is 19.3 Å². The zero-order valence-corrected chi connectivity index (χ0v) is 12.7. The summed E-state index contributed by atoms with van der Waals surface area (Å²) in [6.45, 7) is 0. The van der Waals surface area contributed by atoms with Crippen LogP contribution in [0, 0.1) is 0 Å². The van der Waals surface area contributed by atoms with E-state index in [2.05, 4.69) is 25.9 Å². The molecule has 8 nitrogen and oxygen atoms in total. The Kier molecular flexibility index (Phi) is 3.09.